The zero-order chi connectivity index (χ0) is 17.5. The molecule has 25 heavy (non-hydrogen) atoms. The lowest BCUT2D eigenvalue weighted by Crippen LogP contribution is -2.50. The number of nitrogens with zero attached hydrogens (tertiary/aromatic N) is 1. The van der Waals surface area contributed by atoms with Crippen molar-refractivity contribution >= 4 is 0 Å². The molecule has 134 valence electrons. The summed E-state index contributed by atoms with van der Waals surface area (Å²) in [6.45, 7) is 9.78. The molecular weight excluding hydrogens is 310 g/mol. The van der Waals surface area contributed by atoms with E-state index in [2.05, 4.69) is 55.7 Å². The van der Waals surface area contributed by atoms with E-state index in [-0.39, 0.29) is 17.3 Å². The predicted molar refractivity (Wildman–Crippen MR) is 99.6 cm³/mol. The number of hydrogen-bond acceptors (Lipinski definition) is 3. The topological polar surface area (TPSA) is 21.7 Å². The maximum atomic E-state index is 6.63. The van der Waals surface area contributed by atoms with Crippen molar-refractivity contribution in [2.45, 2.75) is 63.8 Å². The molecule has 3 aliphatic heterocycles. The van der Waals surface area contributed by atoms with Gasteiger partial charge in [0.15, 0.2) is 0 Å². The summed E-state index contributed by atoms with van der Waals surface area (Å²) in [4.78, 5) is 2.44. The molecule has 0 bridgehead atoms. The second kappa shape index (κ2) is 6.34. The van der Waals surface area contributed by atoms with Crippen LogP contribution in [0.2, 0.25) is 0 Å². The van der Waals surface area contributed by atoms with E-state index in [9.17, 15) is 0 Å². The quantitative estimate of drug-likeness (QED) is 0.716. The second-order valence-electron chi connectivity index (χ2n) is 8.44. The minimum absolute atomic E-state index is 0.0692. The van der Waals surface area contributed by atoms with Gasteiger partial charge in [-0.1, -0.05) is 30.0 Å². The van der Waals surface area contributed by atoms with E-state index < -0.39 is 0 Å². The molecule has 3 aliphatic rings. The summed E-state index contributed by atoms with van der Waals surface area (Å²) in [6.07, 6.45) is 4.74. The van der Waals surface area contributed by atoms with Gasteiger partial charge in [0.1, 0.15) is 17.0 Å². The van der Waals surface area contributed by atoms with Gasteiger partial charge in [-0.05, 0) is 65.6 Å². The summed E-state index contributed by atoms with van der Waals surface area (Å²) >= 11 is 0. The average Bonchev–Trinajstić information content (AvgIpc) is 3.07. The highest BCUT2D eigenvalue weighted by molar-refractivity contribution is 5.39. The van der Waals surface area contributed by atoms with Crippen LogP contribution in [0.4, 0.5) is 0 Å². The van der Waals surface area contributed by atoms with E-state index in [1.54, 1.807) is 0 Å². The molecule has 0 saturated carbocycles. The van der Waals surface area contributed by atoms with E-state index >= 15 is 0 Å². The lowest BCUT2D eigenvalue weighted by Gasteiger charge is -2.50. The molecule has 0 amide bonds. The third-order valence-electron chi connectivity index (χ3n) is 6.03. The van der Waals surface area contributed by atoms with Crippen molar-refractivity contribution in [2.24, 2.45) is 5.92 Å². The van der Waals surface area contributed by atoms with Gasteiger partial charge < -0.3 is 9.47 Å². The molecule has 2 saturated heterocycles. The first kappa shape index (κ1) is 16.9. The first-order chi connectivity index (χ1) is 12.0. The van der Waals surface area contributed by atoms with Crippen LogP contribution in [0.5, 0.6) is 5.75 Å². The summed E-state index contributed by atoms with van der Waals surface area (Å²) in [5.41, 5.74) is 0.615. The number of benzene rings is 1. The Hall–Kier alpha value is -1.50. The van der Waals surface area contributed by atoms with Gasteiger partial charge in [0.2, 0.25) is 0 Å². The van der Waals surface area contributed by atoms with Gasteiger partial charge >= 0.3 is 0 Å². The Bertz CT molecular complexity index is 695. The maximum absolute atomic E-state index is 6.63. The fraction of sp³-hybridized carbons (Fsp3) is 0.636. The van der Waals surface area contributed by atoms with Gasteiger partial charge in [0, 0.05) is 11.5 Å². The van der Waals surface area contributed by atoms with E-state index in [4.69, 9.17) is 9.47 Å². The maximum Gasteiger partial charge on any atom is 0.126 e. The van der Waals surface area contributed by atoms with E-state index in [1.165, 1.54) is 31.5 Å². The molecule has 0 spiro atoms. The van der Waals surface area contributed by atoms with Crippen molar-refractivity contribution in [1.82, 2.24) is 4.90 Å². The van der Waals surface area contributed by atoms with Crippen molar-refractivity contribution < 1.29 is 9.47 Å². The van der Waals surface area contributed by atoms with Gasteiger partial charge in [0.25, 0.3) is 0 Å². The number of hydrogen-bond donors (Lipinski definition) is 0. The summed E-state index contributed by atoms with van der Waals surface area (Å²) in [5.74, 6) is 8.19. The molecule has 0 radical (unpaired) electrons. The lowest BCUT2D eigenvalue weighted by molar-refractivity contribution is -0.169. The predicted octanol–water partition coefficient (Wildman–Crippen LogP) is 4.18. The van der Waals surface area contributed by atoms with Gasteiger partial charge in [-0.2, -0.15) is 0 Å². The zero-order valence-electron chi connectivity index (χ0n) is 15.7. The highest BCUT2D eigenvalue weighted by Gasteiger charge is 2.49. The molecule has 3 atom stereocenters. The van der Waals surface area contributed by atoms with Crippen molar-refractivity contribution in [1.29, 1.82) is 0 Å². The smallest absolute Gasteiger partial charge is 0.126 e. The minimum atomic E-state index is -0.360. The molecule has 0 aliphatic carbocycles. The Morgan fingerprint density at radius 1 is 1.16 bits per heavy atom. The molecule has 1 aromatic rings. The van der Waals surface area contributed by atoms with Crippen LogP contribution in [0.15, 0.2) is 24.3 Å². The zero-order valence-corrected chi connectivity index (χ0v) is 15.7. The first-order valence-electron chi connectivity index (χ1n) is 9.65. The summed E-state index contributed by atoms with van der Waals surface area (Å²) in [6, 6.07) is 8.31. The minimum Gasteiger partial charge on any atom is -0.487 e. The van der Waals surface area contributed by atoms with Crippen molar-refractivity contribution in [3.8, 4) is 17.6 Å². The van der Waals surface area contributed by atoms with Crippen molar-refractivity contribution in [3.05, 3.63) is 29.8 Å². The van der Waals surface area contributed by atoms with Crippen LogP contribution in [0.25, 0.3) is 0 Å². The Balaban J connectivity index is 1.55. The standard InChI is InChI=1S/C22H29NO2/c1-21(2)18-11-13-22(3,12-8-16-23-14-6-7-15-23)25-20(18)17-9-4-5-10-19(17)24-21/h4-5,9-10,18,20H,6-7,11,13-16H2,1-3H3/t18-,20+,22-/m1/s1. The fourth-order valence-electron chi connectivity index (χ4n) is 4.53. The largest absolute Gasteiger partial charge is 0.487 e. The summed E-state index contributed by atoms with van der Waals surface area (Å²) in [5, 5.41) is 0. The lowest BCUT2D eigenvalue weighted by atomic mass is 9.73. The number of ether oxygens (including phenoxy) is 2. The van der Waals surface area contributed by atoms with Crippen LogP contribution in [-0.2, 0) is 4.74 Å². The highest BCUT2D eigenvalue weighted by atomic mass is 16.5. The van der Waals surface area contributed by atoms with E-state index in [0.717, 1.165) is 25.1 Å². The molecule has 0 aromatic heterocycles. The van der Waals surface area contributed by atoms with Crippen LogP contribution in [0.3, 0.4) is 0 Å². The third-order valence-corrected chi connectivity index (χ3v) is 6.03. The molecule has 3 nitrogen and oxygen atoms in total. The first-order valence-corrected chi connectivity index (χ1v) is 9.65. The van der Waals surface area contributed by atoms with E-state index in [0.29, 0.717) is 5.92 Å². The number of rotatable bonds is 1. The Labute approximate surface area is 151 Å². The third kappa shape index (κ3) is 3.30. The molecular formula is C22H29NO2. The molecule has 0 N–H and O–H groups in total. The van der Waals surface area contributed by atoms with Gasteiger partial charge in [-0.15, -0.1) is 0 Å². The summed E-state index contributed by atoms with van der Waals surface area (Å²) < 4.78 is 12.9. The Kier molecular flexibility index (Phi) is 4.30. The monoisotopic (exact) mass is 339 g/mol. The highest BCUT2D eigenvalue weighted by Crippen LogP contribution is 2.52. The number of fused-ring (bicyclic) bond motifs is 3. The molecule has 3 heterocycles. The van der Waals surface area contributed by atoms with Crippen LogP contribution in [-0.4, -0.2) is 35.7 Å². The van der Waals surface area contributed by atoms with E-state index in [1.807, 2.05) is 6.07 Å². The van der Waals surface area contributed by atoms with Gasteiger partial charge in [-0.25, -0.2) is 0 Å². The molecule has 4 rings (SSSR count). The number of likely N-dealkylation sites (tertiary alicyclic amines) is 1. The SMILES string of the molecule is CC1(C)Oc2ccccc2[C@@H]2O[C@](C)(C#CCN3CCCC3)CC[C@H]21. The second-order valence-corrected chi connectivity index (χ2v) is 8.44. The van der Waals surface area contributed by atoms with Gasteiger partial charge in [-0.3, -0.25) is 4.90 Å². The van der Waals surface area contributed by atoms with Crippen molar-refractivity contribution in [2.75, 3.05) is 19.6 Å². The Morgan fingerprint density at radius 3 is 2.72 bits per heavy atom. The van der Waals surface area contributed by atoms with Crippen LogP contribution < -0.4 is 4.74 Å². The van der Waals surface area contributed by atoms with Crippen LogP contribution in [0.1, 0.15) is 58.1 Å². The summed E-state index contributed by atoms with van der Waals surface area (Å²) in [7, 11) is 0. The molecule has 0 unspecified atom stereocenters. The average molecular weight is 339 g/mol. The molecule has 3 heteroatoms. The normalized spacial score (nSPS) is 33.6. The van der Waals surface area contributed by atoms with Crippen LogP contribution in [0, 0.1) is 17.8 Å². The molecule has 2 fully saturated rings. The number of para-hydroxylation sites is 1. The Morgan fingerprint density at radius 2 is 1.92 bits per heavy atom. The van der Waals surface area contributed by atoms with Crippen LogP contribution >= 0.6 is 0 Å². The van der Waals surface area contributed by atoms with Crippen molar-refractivity contribution in [3.63, 3.8) is 0 Å². The fourth-order valence-corrected chi connectivity index (χ4v) is 4.53. The molecule has 1 aromatic carbocycles. The van der Waals surface area contributed by atoms with Gasteiger partial charge in [0.05, 0.1) is 12.6 Å².